The molecular formula is C16H22N2O2. The van der Waals surface area contributed by atoms with Crippen molar-refractivity contribution < 1.29 is 9.90 Å². The summed E-state index contributed by atoms with van der Waals surface area (Å²) in [5, 5.41) is 15.5. The van der Waals surface area contributed by atoms with Crippen molar-refractivity contribution in [1.29, 1.82) is 0 Å². The fourth-order valence-electron chi connectivity index (χ4n) is 2.69. The largest absolute Gasteiger partial charge is 0.389 e. The Morgan fingerprint density at radius 2 is 1.70 bits per heavy atom. The first kappa shape index (κ1) is 13.4. The van der Waals surface area contributed by atoms with Gasteiger partial charge in [0.1, 0.15) is 0 Å². The summed E-state index contributed by atoms with van der Waals surface area (Å²) in [7, 11) is 0. The SMILES string of the molecule is CC(O)c1ccc(NC(=O)NC(C2CC2)C2CC2)cc1. The van der Waals surface area contributed by atoms with E-state index in [4.69, 9.17) is 0 Å². The van der Waals surface area contributed by atoms with Crippen LogP contribution in [0.15, 0.2) is 24.3 Å². The second-order valence-corrected chi connectivity index (χ2v) is 6.10. The Morgan fingerprint density at radius 1 is 1.15 bits per heavy atom. The van der Waals surface area contributed by atoms with Crippen LogP contribution < -0.4 is 10.6 Å². The number of urea groups is 1. The van der Waals surface area contributed by atoms with E-state index in [2.05, 4.69) is 10.6 Å². The molecule has 20 heavy (non-hydrogen) atoms. The highest BCUT2D eigenvalue weighted by Crippen LogP contribution is 2.44. The summed E-state index contributed by atoms with van der Waals surface area (Å²) < 4.78 is 0. The maximum Gasteiger partial charge on any atom is 0.319 e. The zero-order valence-electron chi connectivity index (χ0n) is 11.8. The second kappa shape index (κ2) is 5.44. The fourth-order valence-corrected chi connectivity index (χ4v) is 2.69. The van der Waals surface area contributed by atoms with Crippen LogP contribution >= 0.6 is 0 Å². The fraction of sp³-hybridized carbons (Fsp3) is 0.562. The zero-order chi connectivity index (χ0) is 14.1. The van der Waals surface area contributed by atoms with E-state index in [0.29, 0.717) is 17.9 Å². The number of hydrogen-bond acceptors (Lipinski definition) is 2. The minimum atomic E-state index is -0.480. The molecule has 0 radical (unpaired) electrons. The molecule has 0 aromatic heterocycles. The Kier molecular flexibility index (Phi) is 3.66. The van der Waals surface area contributed by atoms with Gasteiger partial charge in [-0.25, -0.2) is 4.79 Å². The first-order valence-corrected chi connectivity index (χ1v) is 7.49. The third-order valence-corrected chi connectivity index (χ3v) is 4.21. The van der Waals surface area contributed by atoms with Crippen molar-refractivity contribution >= 4 is 11.7 Å². The van der Waals surface area contributed by atoms with E-state index in [0.717, 1.165) is 11.3 Å². The van der Waals surface area contributed by atoms with Gasteiger partial charge in [0.25, 0.3) is 0 Å². The lowest BCUT2D eigenvalue weighted by molar-refractivity contribution is 0.199. The van der Waals surface area contributed by atoms with Gasteiger partial charge in [0, 0.05) is 11.7 Å². The van der Waals surface area contributed by atoms with Crippen molar-refractivity contribution in [3.63, 3.8) is 0 Å². The lowest BCUT2D eigenvalue weighted by atomic mass is 10.1. The van der Waals surface area contributed by atoms with Gasteiger partial charge in [0.15, 0.2) is 0 Å². The third-order valence-electron chi connectivity index (χ3n) is 4.21. The molecule has 1 aromatic carbocycles. The molecule has 3 N–H and O–H groups in total. The van der Waals surface area contributed by atoms with Gasteiger partial charge in [-0.05, 0) is 62.1 Å². The van der Waals surface area contributed by atoms with Crippen LogP contribution in [0.25, 0.3) is 0 Å². The van der Waals surface area contributed by atoms with E-state index in [1.165, 1.54) is 25.7 Å². The number of hydrogen-bond donors (Lipinski definition) is 3. The number of anilines is 1. The molecule has 2 aliphatic carbocycles. The first-order valence-electron chi connectivity index (χ1n) is 7.49. The minimum absolute atomic E-state index is 0.112. The van der Waals surface area contributed by atoms with Crippen molar-refractivity contribution in [2.75, 3.05) is 5.32 Å². The monoisotopic (exact) mass is 274 g/mol. The summed E-state index contributed by atoms with van der Waals surface area (Å²) >= 11 is 0. The van der Waals surface area contributed by atoms with Gasteiger partial charge in [-0.2, -0.15) is 0 Å². The van der Waals surface area contributed by atoms with E-state index in [9.17, 15) is 9.90 Å². The summed E-state index contributed by atoms with van der Waals surface area (Å²) in [5.74, 6) is 1.40. The molecule has 4 heteroatoms. The van der Waals surface area contributed by atoms with Gasteiger partial charge < -0.3 is 15.7 Å². The van der Waals surface area contributed by atoms with Crippen LogP contribution in [0.3, 0.4) is 0 Å². The normalized spacial score (nSPS) is 19.8. The Hall–Kier alpha value is -1.55. The maximum absolute atomic E-state index is 12.0. The van der Waals surface area contributed by atoms with Crippen LogP contribution in [-0.4, -0.2) is 17.2 Å². The molecule has 3 rings (SSSR count). The number of aliphatic hydroxyl groups is 1. The van der Waals surface area contributed by atoms with Crippen LogP contribution in [-0.2, 0) is 0 Å². The Bertz CT molecular complexity index is 464. The molecule has 1 atom stereocenters. The van der Waals surface area contributed by atoms with E-state index < -0.39 is 6.10 Å². The number of amides is 2. The molecule has 1 unspecified atom stereocenters. The van der Waals surface area contributed by atoms with Crippen LogP contribution in [0.5, 0.6) is 0 Å². The molecule has 0 aliphatic heterocycles. The molecular weight excluding hydrogens is 252 g/mol. The van der Waals surface area contributed by atoms with Crippen molar-refractivity contribution in [1.82, 2.24) is 5.32 Å². The first-order chi connectivity index (χ1) is 9.63. The van der Waals surface area contributed by atoms with Crippen LogP contribution in [0.1, 0.15) is 44.3 Å². The molecule has 0 heterocycles. The Morgan fingerprint density at radius 3 is 2.15 bits per heavy atom. The molecule has 1 aromatic rings. The Labute approximate surface area is 119 Å². The van der Waals surface area contributed by atoms with Crippen molar-refractivity contribution in [2.24, 2.45) is 11.8 Å². The average Bonchev–Trinajstić information content (AvgIpc) is 3.28. The highest BCUT2D eigenvalue weighted by molar-refractivity contribution is 5.89. The van der Waals surface area contributed by atoms with E-state index >= 15 is 0 Å². The van der Waals surface area contributed by atoms with Gasteiger partial charge in [-0.15, -0.1) is 0 Å². The standard InChI is InChI=1S/C16H22N2O2/c1-10(19)11-6-8-14(9-7-11)17-16(20)18-15(12-2-3-12)13-4-5-13/h6-10,12-13,15,19H,2-5H2,1H3,(H2,17,18,20). The molecule has 2 fully saturated rings. The quantitative estimate of drug-likeness (QED) is 0.773. The lowest BCUT2D eigenvalue weighted by Gasteiger charge is -2.18. The number of carbonyl (C=O) groups is 1. The van der Waals surface area contributed by atoms with E-state index in [1.807, 2.05) is 24.3 Å². The summed E-state index contributed by atoms with van der Waals surface area (Å²) in [6.07, 6.45) is 4.54. The highest BCUT2D eigenvalue weighted by atomic mass is 16.3. The maximum atomic E-state index is 12.0. The lowest BCUT2D eigenvalue weighted by Crippen LogP contribution is -2.40. The highest BCUT2D eigenvalue weighted by Gasteiger charge is 2.42. The molecule has 0 spiro atoms. The van der Waals surface area contributed by atoms with Crippen LogP contribution in [0.2, 0.25) is 0 Å². The molecule has 0 bridgehead atoms. The number of rotatable bonds is 5. The van der Waals surface area contributed by atoms with E-state index in [-0.39, 0.29) is 6.03 Å². The molecule has 2 aliphatic rings. The molecule has 0 saturated heterocycles. The van der Waals surface area contributed by atoms with Gasteiger partial charge in [0.05, 0.1) is 6.10 Å². The summed E-state index contributed by atoms with van der Waals surface area (Å²) in [4.78, 5) is 12.0. The van der Waals surface area contributed by atoms with Gasteiger partial charge >= 0.3 is 6.03 Å². The number of carbonyl (C=O) groups excluding carboxylic acids is 1. The van der Waals surface area contributed by atoms with Crippen LogP contribution in [0.4, 0.5) is 10.5 Å². The molecule has 108 valence electrons. The van der Waals surface area contributed by atoms with Gasteiger partial charge in [-0.3, -0.25) is 0 Å². The molecule has 4 nitrogen and oxygen atoms in total. The van der Waals surface area contributed by atoms with Crippen molar-refractivity contribution in [3.8, 4) is 0 Å². The van der Waals surface area contributed by atoms with Crippen molar-refractivity contribution in [2.45, 2.75) is 44.8 Å². The summed E-state index contributed by atoms with van der Waals surface area (Å²) in [6, 6.07) is 7.57. The zero-order valence-corrected chi connectivity index (χ0v) is 11.8. The topological polar surface area (TPSA) is 61.4 Å². The summed E-state index contributed by atoms with van der Waals surface area (Å²) in [5.41, 5.74) is 1.61. The minimum Gasteiger partial charge on any atom is -0.389 e. The average molecular weight is 274 g/mol. The van der Waals surface area contributed by atoms with Gasteiger partial charge in [0.2, 0.25) is 0 Å². The molecule has 2 amide bonds. The Balaban J connectivity index is 1.55. The van der Waals surface area contributed by atoms with Crippen LogP contribution in [0, 0.1) is 11.8 Å². The number of nitrogens with one attached hydrogen (secondary N) is 2. The molecule has 2 saturated carbocycles. The number of benzene rings is 1. The van der Waals surface area contributed by atoms with Gasteiger partial charge in [-0.1, -0.05) is 12.1 Å². The van der Waals surface area contributed by atoms with Crippen molar-refractivity contribution in [3.05, 3.63) is 29.8 Å². The predicted molar refractivity (Wildman–Crippen MR) is 78.5 cm³/mol. The van der Waals surface area contributed by atoms with E-state index in [1.54, 1.807) is 6.92 Å². The third kappa shape index (κ3) is 3.31. The predicted octanol–water partition coefficient (Wildman–Crippen LogP) is 3.05. The number of aliphatic hydroxyl groups excluding tert-OH is 1. The smallest absolute Gasteiger partial charge is 0.319 e. The second-order valence-electron chi connectivity index (χ2n) is 6.10. The summed E-state index contributed by atoms with van der Waals surface area (Å²) in [6.45, 7) is 1.73.